The van der Waals surface area contributed by atoms with Crippen molar-refractivity contribution in [3.05, 3.63) is 88.8 Å². The lowest BCUT2D eigenvalue weighted by atomic mass is 10.1. The van der Waals surface area contributed by atoms with Gasteiger partial charge in [0, 0.05) is 19.6 Å². The number of rotatable bonds is 8. The van der Waals surface area contributed by atoms with Crippen LogP contribution in [-0.2, 0) is 13.1 Å². The van der Waals surface area contributed by atoms with E-state index in [1.807, 2.05) is 50.7 Å². The summed E-state index contributed by atoms with van der Waals surface area (Å²) in [6.07, 6.45) is 0. The van der Waals surface area contributed by atoms with Crippen LogP contribution in [0.2, 0.25) is 0 Å². The zero-order valence-electron chi connectivity index (χ0n) is 18.9. The first kappa shape index (κ1) is 22.8. The molecule has 0 aliphatic carbocycles. The Morgan fingerprint density at radius 2 is 1.76 bits per heavy atom. The number of hydrogen-bond donors (Lipinski definition) is 0. The molecule has 0 N–H and O–H groups in total. The zero-order valence-corrected chi connectivity index (χ0v) is 19.7. The fraction of sp³-hybridized carbons (Fsp3) is 0.240. The summed E-state index contributed by atoms with van der Waals surface area (Å²) in [7, 11) is 4.07. The Morgan fingerprint density at radius 3 is 2.36 bits per heavy atom. The van der Waals surface area contributed by atoms with Crippen molar-refractivity contribution < 1.29 is 9.18 Å². The van der Waals surface area contributed by atoms with Crippen molar-refractivity contribution in [1.29, 1.82) is 0 Å². The third-order valence-corrected chi connectivity index (χ3v) is 6.02. The molecule has 2 aromatic carbocycles. The molecule has 0 aliphatic heterocycles. The summed E-state index contributed by atoms with van der Waals surface area (Å²) in [5.41, 5.74) is 2.77. The first-order valence-corrected chi connectivity index (χ1v) is 11.6. The molecule has 0 atom stereocenters. The molecule has 8 heteroatoms. The van der Waals surface area contributed by atoms with Gasteiger partial charge >= 0.3 is 0 Å². The average Bonchev–Trinajstić information content (AvgIpc) is 3.48. The lowest BCUT2D eigenvalue weighted by Crippen LogP contribution is -2.31. The highest BCUT2D eigenvalue weighted by Gasteiger charge is 2.23. The summed E-state index contributed by atoms with van der Waals surface area (Å²) < 4.78 is 15.4. The number of nitrogens with zero attached hydrogens (tertiary/aromatic N) is 5. The van der Waals surface area contributed by atoms with E-state index >= 15 is 0 Å². The smallest absolute Gasteiger partial charge is 0.293 e. The molecule has 2 aromatic heterocycles. The molecule has 2 heterocycles. The number of halogens is 1. The fourth-order valence-electron chi connectivity index (χ4n) is 3.56. The molecule has 0 bridgehead atoms. The van der Waals surface area contributed by atoms with Crippen LogP contribution in [0.1, 0.15) is 28.7 Å². The third kappa shape index (κ3) is 5.35. The molecular formula is C25H26FN5OS. The molecule has 0 unspecified atom stereocenters. The summed E-state index contributed by atoms with van der Waals surface area (Å²) >= 11 is 1.49. The molecule has 4 rings (SSSR count). The van der Waals surface area contributed by atoms with Gasteiger partial charge in [0.1, 0.15) is 5.82 Å². The molecule has 0 aliphatic rings. The van der Waals surface area contributed by atoms with Gasteiger partial charge in [-0.25, -0.2) is 14.1 Å². The highest BCUT2D eigenvalue weighted by atomic mass is 32.1. The molecule has 0 fully saturated rings. The SMILES string of the molecule is CCN(Cc1ccc(CN(C)C)cc1)C(=O)c1nc(-c2cccs2)n(-c2cccc(F)c2)n1. The van der Waals surface area contributed by atoms with Crippen molar-refractivity contribution >= 4 is 17.2 Å². The van der Waals surface area contributed by atoms with E-state index in [2.05, 4.69) is 27.1 Å². The first-order valence-electron chi connectivity index (χ1n) is 10.7. The van der Waals surface area contributed by atoms with Crippen LogP contribution in [0.3, 0.4) is 0 Å². The maximum absolute atomic E-state index is 13.9. The Bertz CT molecular complexity index is 1220. The standard InChI is InChI=1S/C25H26FN5OS/c1-4-30(17-19-12-10-18(11-13-19)16-29(2)3)25(32)23-27-24(22-9-6-14-33-22)31(28-23)21-8-5-7-20(26)15-21/h5-15H,4,16-17H2,1-3H3. The molecule has 170 valence electrons. The normalized spacial score (nSPS) is 11.2. The summed E-state index contributed by atoms with van der Waals surface area (Å²) in [5, 5.41) is 6.41. The van der Waals surface area contributed by atoms with Crippen LogP contribution in [-0.4, -0.2) is 51.1 Å². The van der Waals surface area contributed by atoms with Crippen LogP contribution in [0.4, 0.5) is 4.39 Å². The molecule has 6 nitrogen and oxygen atoms in total. The van der Waals surface area contributed by atoms with Gasteiger partial charge in [-0.3, -0.25) is 4.79 Å². The van der Waals surface area contributed by atoms with E-state index < -0.39 is 0 Å². The van der Waals surface area contributed by atoms with Gasteiger partial charge in [0.15, 0.2) is 5.82 Å². The minimum Gasteiger partial charge on any atom is -0.332 e. The van der Waals surface area contributed by atoms with Crippen molar-refractivity contribution in [2.75, 3.05) is 20.6 Å². The molecule has 33 heavy (non-hydrogen) atoms. The second kappa shape index (κ2) is 10.1. The van der Waals surface area contributed by atoms with Gasteiger partial charge < -0.3 is 9.80 Å². The van der Waals surface area contributed by atoms with E-state index in [1.165, 1.54) is 33.7 Å². The predicted molar refractivity (Wildman–Crippen MR) is 129 cm³/mol. The number of carbonyl (C=O) groups excluding carboxylic acids is 1. The Labute approximate surface area is 196 Å². The van der Waals surface area contributed by atoms with Crippen LogP contribution >= 0.6 is 11.3 Å². The van der Waals surface area contributed by atoms with Gasteiger partial charge in [-0.1, -0.05) is 36.4 Å². The lowest BCUT2D eigenvalue weighted by molar-refractivity contribution is 0.0740. The van der Waals surface area contributed by atoms with E-state index in [1.54, 1.807) is 17.0 Å². The number of benzene rings is 2. The first-order chi connectivity index (χ1) is 15.9. The highest BCUT2D eigenvalue weighted by molar-refractivity contribution is 7.13. The van der Waals surface area contributed by atoms with Gasteiger partial charge in [-0.15, -0.1) is 16.4 Å². The minimum absolute atomic E-state index is 0.0914. The van der Waals surface area contributed by atoms with Crippen molar-refractivity contribution in [2.45, 2.75) is 20.0 Å². The van der Waals surface area contributed by atoms with Crippen LogP contribution in [0.15, 0.2) is 66.0 Å². The Hall–Kier alpha value is -3.36. The number of aromatic nitrogens is 3. The van der Waals surface area contributed by atoms with E-state index in [4.69, 9.17) is 0 Å². The zero-order chi connectivity index (χ0) is 23.4. The fourth-order valence-corrected chi connectivity index (χ4v) is 4.26. The van der Waals surface area contributed by atoms with Gasteiger partial charge in [0.2, 0.25) is 5.82 Å². The number of carbonyl (C=O) groups is 1. The second-order valence-electron chi connectivity index (χ2n) is 8.00. The topological polar surface area (TPSA) is 54.3 Å². The van der Waals surface area contributed by atoms with Gasteiger partial charge in [-0.05, 0) is 61.8 Å². The van der Waals surface area contributed by atoms with Crippen LogP contribution in [0.25, 0.3) is 16.4 Å². The van der Waals surface area contributed by atoms with Gasteiger partial charge in [0.05, 0.1) is 10.6 Å². The van der Waals surface area contributed by atoms with Gasteiger partial charge in [-0.2, -0.15) is 0 Å². The molecule has 1 amide bonds. The van der Waals surface area contributed by atoms with Crippen molar-refractivity contribution in [2.24, 2.45) is 0 Å². The second-order valence-corrected chi connectivity index (χ2v) is 8.95. The Morgan fingerprint density at radius 1 is 1.03 bits per heavy atom. The van der Waals surface area contributed by atoms with Crippen LogP contribution < -0.4 is 0 Å². The predicted octanol–water partition coefficient (Wildman–Crippen LogP) is 4.86. The summed E-state index contributed by atoms with van der Waals surface area (Å²) in [4.78, 5) is 22.6. The molecule has 0 saturated carbocycles. The van der Waals surface area contributed by atoms with E-state index in [-0.39, 0.29) is 17.5 Å². The van der Waals surface area contributed by atoms with Crippen LogP contribution in [0.5, 0.6) is 0 Å². The van der Waals surface area contributed by atoms with Gasteiger partial charge in [0.25, 0.3) is 5.91 Å². The molecule has 4 aromatic rings. The number of thiophene rings is 1. The maximum Gasteiger partial charge on any atom is 0.293 e. The monoisotopic (exact) mass is 463 g/mol. The van der Waals surface area contributed by atoms with Crippen molar-refractivity contribution in [1.82, 2.24) is 24.6 Å². The maximum atomic E-state index is 13.9. The number of amides is 1. The molecule has 0 spiro atoms. The third-order valence-electron chi connectivity index (χ3n) is 5.16. The van der Waals surface area contributed by atoms with Crippen LogP contribution in [0, 0.1) is 5.82 Å². The number of hydrogen-bond acceptors (Lipinski definition) is 5. The summed E-state index contributed by atoms with van der Waals surface area (Å²) in [6, 6.07) is 18.2. The quantitative estimate of drug-likeness (QED) is 0.375. The Kier molecular flexibility index (Phi) is 6.96. The largest absolute Gasteiger partial charge is 0.332 e. The average molecular weight is 464 g/mol. The minimum atomic E-state index is -0.374. The van der Waals surface area contributed by atoms with Crippen molar-refractivity contribution in [3.63, 3.8) is 0 Å². The molecular weight excluding hydrogens is 437 g/mol. The van der Waals surface area contributed by atoms with Crippen molar-refractivity contribution in [3.8, 4) is 16.4 Å². The Balaban J connectivity index is 1.62. The molecule has 0 saturated heterocycles. The lowest BCUT2D eigenvalue weighted by Gasteiger charge is -2.19. The van der Waals surface area contributed by atoms with E-state index in [0.29, 0.717) is 24.6 Å². The summed E-state index contributed by atoms with van der Waals surface area (Å²) in [5.74, 6) is -0.0273. The molecule has 0 radical (unpaired) electrons. The van der Waals surface area contributed by atoms with E-state index in [0.717, 1.165) is 17.0 Å². The van der Waals surface area contributed by atoms with E-state index in [9.17, 15) is 9.18 Å². The summed E-state index contributed by atoms with van der Waals surface area (Å²) in [6.45, 7) is 3.77. The highest BCUT2D eigenvalue weighted by Crippen LogP contribution is 2.26.